The van der Waals surface area contributed by atoms with Crippen molar-refractivity contribution in [2.45, 2.75) is 18.9 Å². The van der Waals surface area contributed by atoms with Crippen molar-refractivity contribution < 1.29 is 13.9 Å². The molecule has 0 amide bonds. The van der Waals surface area contributed by atoms with Gasteiger partial charge in [-0.2, -0.15) is 5.10 Å². The van der Waals surface area contributed by atoms with E-state index in [4.69, 9.17) is 9.47 Å². The number of aromatic nitrogens is 2. The van der Waals surface area contributed by atoms with Crippen LogP contribution in [-0.2, 0) is 6.54 Å². The van der Waals surface area contributed by atoms with Crippen LogP contribution < -0.4 is 9.47 Å². The molecule has 3 aromatic rings. The summed E-state index contributed by atoms with van der Waals surface area (Å²) in [6, 6.07) is 12.6. The number of H-pyrrole nitrogens is 1. The van der Waals surface area contributed by atoms with Crippen molar-refractivity contribution in [1.82, 2.24) is 15.1 Å². The predicted molar refractivity (Wildman–Crippen MR) is 106 cm³/mol. The SMILES string of the molecule is COc1cccc([C@@H]2CCN(Cc3cn[nH]c3-c3ccc(F)cc3)C2)c1OC. The Labute approximate surface area is 164 Å². The molecule has 1 atom stereocenters. The molecule has 1 aliphatic rings. The average Bonchev–Trinajstić information content (AvgIpc) is 3.38. The molecule has 0 unspecified atom stereocenters. The van der Waals surface area contributed by atoms with Gasteiger partial charge in [-0.25, -0.2) is 4.39 Å². The fourth-order valence-electron chi connectivity index (χ4n) is 4.00. The number of para-hydroxylation sites is 1. The maximum atomic E-state index is 13.2. The zero-order valence-electron chi connectivity index (χ0n) is 16.1. The first-order valence-electron chi connectivity index (χ1n) is 9.41. The summed E-state index contributed by atoms with van der Waals surface area (Å²) >= 11 is 0. The van der Waals surface area contributed by atoms with E-state index >= 15 is 0 Å². The zero-order chi connectivity index (χ0) is 19.5. The van der Waals surface area contributed by atoms with Crippen LogP contribution >= 0.6 is 0 Å². The third kappa shape index (κ3) is 3.60. The van der Waals surface area contributed by atoms with E-state index in [2.05, 4.69) is 21.2 Å². The number of likely N-dealkylation sites (tertiary alicyclic amines) is 1. The third-order valence-corrected chi connectivity index (χ3v) is 5.39. The summed E-state index contributed by atoms with van der Waals surface area (Å²) in [5.74, 6) is 1.75. The molecule has 2 aromatic carbocycles. The van der Waals surface area contributed by atoms with Gasteiger partial charge in [-0.1, -0.05) is 12.1 Å². The van der Waals surface area contributed by atoms with Crippen LogP contribution in [0.2, 0.25) is 0 Å². The minimum atomic E-state index is -0.237. The van der Waals surface area contributed by atoms with E-state index in [9.17, 15) is 4.39 Å². The maximum Gasteiger partial charge on any atom is 0.164 e. The van der Waals surface area contributed by atoms with Gasteiger partial charge in [0, 0.05) is 35.7 Å². The summed E-state index contributed by atoms with van der Waals surface area (Å²) in [4.78, 5) is 2.42. The van der Waals surface area contributed by atoms with E-state index in [1.165, 1.54) is 17.7 Å². The Morgan fingerprint density at radius 3 is 2.71 bits per heavy atom. The van der Waals surface area contributed by atoms with Crippen molar-refractivity contribution in [3.63, 3.8) is 0 Å². The summed E-state index contributed by atoms with van der Waals surface area (Å²) in [5, 5.41) is 7.26. The molecule has 5 nitrogen and oxygen atoms in total. The van der Waals surface area contributed by atoms with Crippen molar-refractivity contribution in [1.29, 1.82) is 0 Å². The van der Waals surface area contributed by atoms with Gasteiger partial charge in [0.2, 0.25) is 0 Å². The van der Waals surface area contributed by atoms with Crippen LogP contribution in [0, 0.1) is 5.82 Å². The summed E-state index contributed by atoms with van der Waals surface area (Å²) < 4.78 is 24.3. The van der Waals surface area contributed by atoms with Crippen LogP contribution in [0.1, 0.15) is 23.5 Å². The topological polar surface area (TPSA) is 50.4 Å². The van der Waals surface area contributed by atoms with Gasteiger partial charge in [0.1, 0.15) is 5.82 Å². The molecule has 0 aliphatic carbocycles. The highest BCUT2D eigenvalue weighted by molar-refractivity contribution is 5.62. The number of halogens is 1. The molecule has 28 heavy (non-hydrogen) atoms. The molecule has 0 saturated carbocycles. The van der Waals surface area contributed by atoms with Crippen molar-refractivity contribution in [2.75, 3.05) is 27.3 Å². The lowest BCUT2D eigenvalue weighted by molar-refractivity contribution is 0.323. The van der Waals surface area contributed by atoms with Gasteiger partial charge in [-0.05, 0) is 43.3 Å². The summed E-state index contributed by atoms with van der Waals surface area (Å²) in [6.45, 7) is 2.74. The van der Waals surface area contributed by atoms with E-state index < -0.39 is 0 Å². The molecule has 1 aliphatic heterocycles. The lowest BCUT2D eigenvalue weighted by Gasteiger charge is -2.19. The van der Waals surface area contributed by atoms with Gasteiger partial charge in [0.25, 0.3) is 0 Å². The molecular formula is C22H24FN3O2. The number of methoxy groups -OCH3 is 2. The van der Waals surface area contributed by atoms with E-state index in [0.717, 1.165) is 54.4 Å². The van der Waals surface area contributed by atoms with E-state index in [1.807, 2.05) is 18.3 Å². The van der Waals surface area contributed by atoms with Gasteiger partial charge < -0.3 is 9.47 Å². The number of benzene rings is 2. The normalized spacial score (nSPS) is 17.0. The first-order chi connectivity index (χ1) is 13.7. The van der Waals surface area contributed by atoms with Crippen LogP contribution in [0.3, 0.4) is 0 Å². The second-order valence-electron chi connectivity index (χ2n) is 7.08. The highest BCUT2D eigenvalue weighted by Crippen LogP contribution is 2.39. The monoisotopic (exact) mass is 381 g/mol. The molecule has 0 radical (unpaired) electrons. The zero-order valence-corrected chi connectivity index (χ0v) is 16.1. The number of ether oxygens (including phenoxy) is 2. The first-order valence-corrected chi connectivity index (χ1v) is 9.41. The Kier molecular flexibility index (Phi) is 5.30. The van der Waals surface area contributed by atoms with Crippen molar-refractivity contribution in [3.05, 3.63) is 65.6 Å². The van der Waals surface area contributed by atoms with E-state index in [0.29, 0.717) is 5.92 Å². The Morgan fingerprint density at radius 2 is 1.96 bits per heavy atom. The summed E-state index contributed by atoms with van der Waals surface area (Å²) in [5.41, 5.74) is 4.20. The fraction of sp³-hybridized carbons (Fsp3) is 0.318. The number of hydrogen-bond acceptors (Lipinski definition) is 4. The second kappa shape index (κ2) is 8.02. The maximum absolute atomic E-state index is 13.2. The Hall–Kier alpha value is -2.86. The summed E-state index contributed by atoms with van der Waals surface area (Å²) in [6.07, 6.45) is 2.92. The van der Waals surface area contributed by atoms with Crippen LogP contribution in [-0.4, -0.2) is 42.4 Å². The minimum Gasteiger partial charge on any atom is -0.493 e. The fourth-order valence-corrected chi connectivity index (χ4v) is 4.00. The molecular weight excluding hydrogens is 357 g/mol. The minimum absolute atomic E-state index is 0.237. The quantitative estimate of drug-likeness (QED) is 0.695. The number of aromatic amines is 1. The lowest BCUT2D eigenvalue weighted by Crippen LogP contribution is -2.20. The average molecular weight is 381 g/mol. The predicted octanol–water partition coefficient (Wildman–Crippen LogP) is 4.22. The Bertz CT molecular complexity index is 939. The molecule has 4 rings (SSSR count). The van der Waals surface area contributed by atoms with Gasteiger partial charge in [0.05, 0.1) is 26.1 Å². The second-order valence-corrected chi connectivity index (χ2v) is 7.08. The smallest absolute Gasteiger partial charge is 0.164 e. The highest BCUT2D eigenvalue weighted by atomic mass is 19.1. The largest absolute Gasteiger partial charge is 0.493 e. The van der Waals surface area contributed by atoms with Crippen LogP contribution in [0.5, 0.6) is 11.5 Å². The molecule has 146 valence electrons. The van der Waals surface area contributed by atoms with E-state index in [1.54, 1.807) is 26.4 Å². The number of hydrogen-bond donors (Lipinski definition) is 1. The molecule has 1 fully saturated rings. The van der Waals surface area contributed by atoms with Crippen LogP contribution in [0.25, 0.3) is 11.3 Å². The van der Waals surface area contributed by atoms with Crippen molar-refractivity contribution >= 4 is 0 Å². The van der Waals surface area contributed by atoms with Gasteiger partial charge >= 0.3 is 0 Å². The molecule has 2 heterocycles. The van der Waals surface area contributed by atoms with Crippen LogP contribution in [0.15, 0.2) is 48.7 Å². The van der Waals surface area contributed by atoms with Crippen LogP contribution in [0.4, 0.5) is 4.39 Å². The highest BCUT2D eigenvalue weighted by Gasteiger charge is 2.28. The molecule has 0 bridgehead atoms. The number of nitrogens with one attached hydrogen (secondary N) is 1. The lowest BCUT2D eigenvalue weighted by atomic mass is 9.97. The summed E-state index contributed by atoms with van der Waals surface area (Å²) in [7, 11) is 3.35. The molecule has 1 N–H and O–H groups in total. The Balaban J connectivity index is 1.50. The molecule has 0 spiro atoms. The standard InChI is InChI=1S/C22H24FN3O2/c1-27-20-5-3-4-19(22(20)28-2)16-10-11-26(13-16)14-17-12-24-25-21(17)15-6-8-18(23)9-7-15/h3-9,12,16H,10-11,13-14H2,1-2H3,(H,24,25)/t16-/m1/s1. The van der Waals surface area contributed by atoms with Crippen molar-refractivity contribution in [3.8, 4) is 22.8 Å². The van der Waals surface area contributed by atoms with Gasteiger partial charge in [-0.15, -0.1) is 0 Å². The molecule has 1 aromatic heterocycles. The van der Waals surface area contributed by atoms with E-state index in [-0.39, 0.29) is 5.82 Å². The van der Waals surface area contributed by atoms with Gasteiger partial charge in [-0.3, -0.25) is 10.00 Å². The Morgan fingerprint density at radius 1 is 1.14 bits per heavy atom. The first kappa shape index (κ1) is 18.5. The molecule has 1 saturated heterocycles. The van der Waals surface area contributed by atoms with Gasteiger partial charge in [0.15, 0.2) is 11.5 Å². The van der Waals surface area contributed by atoms with Crippen molar-refractivity contribution in [2.24, 2.45) is 0 Å². The third-order valence-electron chi connectivity index (χ3n) is 5.39. The molecule has 6 heteroatoms. The number of nitrogens with zero attached hydrogens (tertiary/aromatic N) is 2. The number of rotatable bonds is 6.